The fourth-order valence-corrected chi connectivity index (χ4v) is 2.41. The molecular formula is C16H26N4O. The van der Waals surface area contributed by atoms with E-state index in [2.05, 4.69) is 16.4 Å². The topological polar surface area (TPSA) is 48.5 Å². The molecule has 0 unspecified atom stereocenters. The first kappa shape index (κ1) is 15.8. The second kappa shape index (κ2) is 7.41. The van der Waals surface area contributed by atoms with Gasteiger partial charge in [-0.2, -0.15) is 0 Å². The van der Waals surface area contributed by atoms with Crippen LogP contribution in [0.1, 0.15) is 32.3 Å². The smallest absolute Gasteiger partial charge is 0.242 e. The van der Waals surface area contributed by atoms with Crippen molar-refractivity contribution in [2.45, 2.75) is 39.3 Å². The summed E-state index contributed by atoms with van der Waals surface area (Å²) >= 11 is 0. The maximum Gasteiger partial charge on any atom is 0.242 e. The molecule has 1 amide bonds. The molecule has 1 N–H and O–H groups in total. The zero-order chi connectivity index (χ0) is 15.2. The third-order valence-electron chi connectivity index (χ3n) is 3.88. The van der Waals surface area contributed by atoms with Gasteiger partial charge in [-0.05, 0) is 32.8 Å². The van der Waals surface area contributed by atoms with E-state index < -0.39 is 0 Å². The number of hydrogen-bond donors (Lipinski definition) is 1. The number of nitrogens with zero attached hydrogens (tertiary/aromatic N) is 3. The van der Waals surface area contributed by atoms with Crippen molar-refractivity contribution >= 4 is 11.7 Å². The van der Waals surface area contributed by atoms with E-state index in [1.54, 1.807) is 6.20 Å². The first-order valence-electron chi connectivity index (χ1n) is 7.81. The Kier molecular flexibility index (Phi) is 5.56. The summed E-state index contributed by atoms with van der Waals surface area (Å²) in [6.07, 6.45) is 4.33. The molecule has 0 aromatic carbocycles. The number of aromatic nitrogens is 1. The lowest BCUT2D eigenvalue weighted by atomic mass is 10.2. The van der Waals surface area contributed by atoms with Gasteiger partial charge in [0, 0.05) is 44.5 Å². The SMILES string of the molecule is CCN(CC)C(=O)CN(C)c1ncccc1CNC1CC1. The molecule has 0 atom stereocenters. The van der Waals surface area contributed by atoms with Gasteiger partial charge >= 0.3 is 0 Å². The zero-order valence-electron chi connectivity index (χ0n) is 13.3. The second-order valence-corrected chi connectivity index (χ2v) is 5.56. The van der Waals surface area contributed by atoms with Crippen molar-refractivity contribution in [1.82, 2.24) is 15.2 Å². The van der Waals surface area contributed by atoms with Gasteiger partial charge in [0.1, 0.15) is 5.82 Å². The number of hydrogen-bond acceptors (Lipinski definition) is 4. The van der Waals surface area contributed by atoms with Crippen molar-refractivity contribution in [3.8, 4) is 0 Å². The quantitative estimate of drug-likeness (QED) is 0.791. The molecule has 5 nitrogen and oxygen atoms in total. The lowest BCUT2D eigenvalue weighted by molar-refractivity contribution is -0.129. The van der Waals surface area contributed by atoms with E-state index in [0.29, 0.717) is 12.6 Å². The summed E-state index contributed by atoms with van der Waals surface area (Å²) in [5.74, 6) is 1.04. The Balaban J connectivity index is 2.00. The Bertz CT molecular complexity index is 469. The molecule has 21 heavy (non-hydrogen) atoms. The molecule has 0 spiro atoms. The molecule has 1 aromatic heterocycles. The second-order valence-electron chi connectivity index (χ2n) is 5.56. The Morgan fingerprint density at radius 1 is 1.38 bits per heavy atom. The Hall–Kier alpha value is -1.62. The van der Waals surface area contributed by atoms with Crippen molar-refractivity contribution in [3.63, 3.8) is 0 Å². The Morgan fingerprint density at radius 3 is 2.71 bits per heavy atom. The number of anilines is 1. The Labute approximate surface area is 127 Å². The third kappa shape index (κ3) is 4.43. The number of likely N-dealkylation sites (N-methyl/N-ethyl adjacent to an activating group) is 2. The number of rotatable bonds is 8. The lowest BCUT2D eigenvalue weighted by Gasteiger charge is -2.25. The van der Waals surface area contributed by atoms with Crippen LogP contribution in [0.4, 0.5) is 5.82 Å². The van der Waals surface area contributed by atoms with E-state index in [9.17, 15) is 4.79 Å². The van der Waals surface area contributed by atoms with Gasteiger partial charge in [0.2, 0.25) is 5.91 Å². The number of carbonyl (C=O) groups is 1. The van der Waals surface area contributed by atoms with Crippen LogP contribution in [0.15, 0.2) is 18.3 Å². The molecule has 5 heteroatoms. The number of amides is 1. The maximum absolute atomic E-state index is 12.2. The molecule has 1 saturated carbocycles. The monoisotopic (exact) mass is 290 g/mol. The molecule has 2 rings (SSSR count). The molecule has 1 aliphatic rings. The average Bonchev–Trinajstić information content (AvgIpc) is 3.31. The summed E-state index contributed by atoms with van der Waals surface area (Å²) in [5, 5.41) is 3.50. The van der Waals surface area contributed by atoms with Crippen LogP contribution in [0.2, 0.25) is 0 Å². The van der Waals surface area contributed by atoms with Crippen molar-refractivity contribution in [2.24, 2.45) is 0 Å². The molecule has 0 saturated heterocycles. The fraction of sp³-hybridized carbons (Fsp3) is 0.625. The average molecular weight is 290 g/mol. The first-order valence-corrected chi connectivity index (χ1v) is 7.81. The van der Waals surface area contributed by atoms with E-state index >= 15 is 0 Å². The van der Waals surface area contributed by atoms with Gasteiger partial charge in [0.25, 0.3) is 0 Å². The van der Waals surface area contributed by atoms with Crippen LogP contribution in [0, 0.1) is 0 Å². The minimum Gasteiger partial charge on any atom is -0.350 e. The summed E-state index contributed by atoms with van der Waals surface area (Å²) in [6.45, 7) is 6.70. The van der Waals surface area contributed by atoms with Crippen LogP contribution in [0.3, 0.4) is 0 Å². The van der Waals surface area contributed by atoms with E-state index in [4.69, 9.17) is 0 Å². The highest BCUT2D eigenvalue weighted by molar-refractivity contribution is 5.81. The summed E-state index contributed by atoms with van der Waals surface area (Å²) in [4.78, 5) is 20.5. The minimum absolute atomic E-state index is 0.147. The lowest BCUT2D eigenvalue weighted by Crippen LogP contribution is -2.39. The van der Waals surface area contributed by atoms with Gasteiger partial charge in [0.05, 0.1) is 6.54 Å². The molecule has 0 bridgehead atoms. The largest absolute Gasteiger partial charge is 0.350 e. The predicted molar refractivity (Wildman–Crippen MR) is 85.3 cm³/mol. The van der Waals surface area contributed by atoms with Crippen molar-refractivity contribution in [3.05, 3.63) is 23.9 Å². The van der Waals surface area contributed by atoms with Crippen molar-refractivity contribution in [1.29, 1.82) is 0 Å². The van der Waals surface area contributed by atoms with Crippen LogP contribution in [-0.2, 0) is 11.3 Å². The summed E-state index contributed by atoms with van der Waals surface area (Å²) < 4.78 is 0. The molecule has 1 heterocycles. The molecular weight excluding hydrogens is 264 g/mol. The van der Waals surface area contributed by atoms with E-state index in [1.807, 2.05) is 36.8 Å². The predicted octanol–water partition coefficient (Wildman–Crippen LogP) is 1.64. The van der Waals surface area contributed by atoms with Gasteiger partial charge in [-0.15, -0.1) is 0 Å². The molecule has 1 aromatic rings. The van der Waals surface area contributed by atoms with Gasteiger partial charge in [-0.25, -0.2) is 4.98 Å². The highest BCUT2D eigenvalue weighted by Crippen LogP contribution is 2.21. The number of nitrogens with one attached hydrogen (secondary N) is 1. The van der Waals surface area contributed by atoms with Crippen LogP contribution in [-0.4, -0.2) is 48.5 Å². The minimum atomic E-state index is 0.147. The molecule has 1 fully saturated rings. The normalized spacial score (nSPS) is 14.0. The summed E-state index contributed by atoms with van der Waals surface area (Å²) in [7, 11) is 1.93. The van der Waals surface area contributed by atoms with E-state index in [-0.39, 0.29) is 5.91 Å². The van der Waals surface area contributed by atoms with Gasteiger partial charge in [-0.3, -0.25) is 4.79 Å². The van der Waals surface area contributed by atoms with Gasteiger partial charge in [-0.1, -0.05) is 6.07 Å². The number of pyridine rings is 1. The standard InChI is InChI=1S/C16H26N4O/c1-4-20(5-2)15(21)12-19(3)16-13(7-6-10-17-16)11-18-14-8-9-14/h6-7,10,14,18H,4-5,8-9,11-12H2,1-3H3. The summed E-state index contributed by atoms with van der Waals surface area (Å²) in [5.41, 5.74) is 1.15. The van der Waals surface area contributed by atoms with Crippen LogP contribution >= 0.6 is 0 Å². The molecule has 0 radical (unpaired) electrons. The fourth-order valence-electron chi connectivity index (χ4n) is 2.41. The first-order chi connectivity index (χ1) is 10.2. The van der Waals surface area contributed by atoms with E-state index in [1.165, 1.54) is 12.8 Å². The third-order valence-corrected chi connectivity index (χ3v) is 3.88. The molecule has 0 aliphatic heterocycles. The highest BCUT2D eigenvalue weighted by Gasteiger charge is 2.21. The zero-order valence-corrected chi connectivity index (χ0v) is 13.3. The molecule has 116 valence electrons. The van der Waals surface area contributed by atoms with Crippen molar-refractivity contribution in [2.75, 3.05) is 31.6 Å². The maximum atomic E-state index is 12.2. The van der Waals surface area contributed by atoms with E-state index in [0.717, 1.165) is 31.0 Å². The van der Waals surface area contributed by atoms with Crippen LogP contribution in [0.5, 0.6) is 0 Å². The van der Waals surface area contributed by atoms with Crippen molar-refractivity contribution < 1.29 is 4.79 Å². The highest BCUT2D eigenvalue weighted by atomic mass is 16.2. The van der Waals surface area contributed by atoms with Gasteiger partial charge in [0.15, 0.2) is 0 Å². The van der Waals surface area contributed by atoms with Crippen LogP contribution < -0.4 is 10.2 Å². The summed E-state index contributed by atoms with van der Waals surface area (Å²) in [6, 6.07) is 4.70. The molecule has 1 aliphatic carbocycles. The van der Waals surface area contributed by atoms with Crippen LogP contribution in [0.25, 0.3) is 0 Å². The number of carbonyl (C=O) groups excluding carboxylic acids is 1. The van der Waals surface area contributed by atoms with Gasteiger partial charge < -0.3 is 15.1 Å². The Morgan fingerprint density at radius 2 is 2.10 bits per heavy atom.